The summed E-state index contributed by atoms with van der Waals surface area (Å²) in [5.74, 6) is -0.883. The van der Waals surface area contributed by atoms with E-state index in [0.29, 0.717) is 11.8 Å². The van der Waals surface area contributed by atoms with Gasteiger partial charge in [-0.05, 0) is 30.4 Å². The summed E-state index contributed by atoms with van der Waals surface area (Å²) in [6.07, 6.45) is 0.999. The second-order valence-electron chi connectivity index (χ2n) is 5.11. The lowest BCUT2D eigenvalue weighted by molar-refractivity contribution is 0.422. The summed E-state index contributed by atoms with van der Waals surface area (Å²) in [5.41, 5.74) is 0.0329. The van der Waals surface area contributed by atoms with E-state index in [1.807, 2.05) is 4.90 Å². The summed E-state index contributed by atoms with van der Waals surface area (Å²) in [6, 6.07) is 4.49. The highest BCUT2D eigenvalue weighted by Gasteiger charge is 2.27. The van der Waals surface area contributed by atoms with E-state index in [2.05, 4.69) is 13.8 Å². The highest BCUT2D eigenvalue weighted by atomic mass is 19.2. The predicted molar refractivity (Wildman–Crippen MR) is 66.2 cm³/mol. The third-order valence-electron chi connectivity index (χ3n) is 3.69. The molecule has 1 saturated heterocycles. The van der Waals surface area contributed by atoms with E-state index in [4.69, 9.17) is 5.26 Å². The average Bonchev–Trinajstić information content (AvgIpc) is 2.82. The summed E-state index contributed by atoms with van der Waals surface area (Å²) >= 11 is 0. The van der Waals surface area contributed by atoms with Gasteiger partial charge in [-0.2, -0.15) is 5.26 Å². The number of anilines is 1. The Hall–Kier alpha value is -1.63. The molecule has 4 heteroatoms. The van der Waals surface area contributed by atoms with Gasteiger partial charge in [0.2, 0.25) is 0 Å². The molecule has 0 bridgehead atoms. The van der Waals surface area contributed by atoms with Gasteiger partial charge in [-0.3, -0.25) is 0 Å². The maximum atomic E-state index is 13.9. The highest BCUT2D eigenvalue weighted by Crippen LogP contribution is 2.31. The molecule has 1 atom stereocenters. The zero-order valence-electron chi connectivity index (χ0n) is 10.6. The summed E-state index contributed by atoms with van der Waals surface area (Å²) < 4.78 is 27.4. The summed E-state index contributed by atoms with van der Waals surface area (Å²) in [4.78, 5) is 1.87. The summed E-state index contributed by atoms with van der Waals surface area (Å²) in [6.45, 7) is 5.78. The first-order valence-electron chi connectivity index (χ1n) is 6.17. The molecular formula is C14H16F2N2. The van der Waals surface area contributed by atoms with Gasteiger partial charge in [0.05, 0.1) is 11.3 Å². The fraction of sp³-hybridized carbons (Fsp3) is 0.500. The lowest BCUT2D eigenvalue weighted by atomic mass is 9.95. The number of rotatable bonds is 2. The van der Waals surface area contributed by atoms with E-state index in [-0.39, 0.29) is 11.3 Å². The first kappa shape index (κ1) is 12.8. The van der Waals surface area contributed by atoms with Gasteiger partial charge in [0.1, 0.15) is 6.07 Å². The number of nitriles is 1. The van der Waals surface area contributed by atoms with Crippen LogP contribution < -0.4 is 4.90 Å². The second kappa shape index (κ2) is 4.93. The fourth-order valence-corrected chi connectivity index (χ4v) is 2.42. The van der Waals surface area contributed by atoms with Crippen molar-refractivity contribution in [1.82, 2.24) is 0 Å². The second-order valence-corrected chi connectivity index (χ2v) is 5.11. The molecule has 18 heavy (non-hydrogen) atoms. The van der Waals surface area contributed by atoms with Crippen molar-refractivity contribution in [3.05, 3.63) is 29.3 Å². The van der Waals surface area contributed by atoms with Crippen molar-refractivity contribution in [2.75, 3.05) is 18.0 Å². The van der Waals surface area contributed by atoms with E-state index in [1.165, 1.54) is 12.1 Å². The number of hydrogen-bond donors (Lipinski definition) is 0. The van der Waals surface area contributed by atoms with Crippen molar-refractivity contribution in [3.63, 3.8) is 0 Å². The number of nitrogens with zero attached hydrogens (tertiary/aromatic N) is 2. The third-order valence-corrected chi connectivity index (χ3v) is 3.69. The Labute approximate surface area is 106 Å². The normalized spacial score (nSPS) is 19.3. The van der Waals surface area contributed by atoms with Gasteiger partial charge in [0.25, 0.3) is 0 Å². The van der Waals surface area contributed by atoms with Gasteiger partial charge in [-0.25, -0.2) is 8.78 Å². The smallest absolute Gasteiger partial charge is 0.183 e. The van der Waals surface area contributed by atoms with E-state index < -0.39 is 11.6 Å². The third kappa shape index (κ3) is 2.17. The standard InChI is InChI=1S/C14H16F2N2/c1-9(2)11-5-6-18(8-11)12-4-3-10(7-17)13(15)14(12)16/h3-4,9,11H,5-6,8H2,1-2H3. The molecule has 1 aromatic rings. The Morgan fingerprint density at radius 1 is 1.33 bits per heavy atom. The van der Waals surface area contributed by atoms with Crippen molar-refractivity contribution in [2.45, 2.75) is 20.3 Å². The molecule has 2 rings (SSSR count). The van der Waals surface area contributed by atoms with Crippen molar-refractivity contribution in [1.29, 1.82) is 5.26 Å². The van der Waals surface area contributed by atoms with E-state index in [0.717, 1.165) is 19.5 Å². The number of benzene rings is 1. The van der Waals surface area contributed by atoms with Crippen LogP contribution in [0.2, 0.25) is 0 Å². The molecule has 1 aliphatic rings. The average molecular weight is 250 g/mol. The Bertz CT molecular complexity index is 491. The van der Waals surface area contributed by atoms with Crippen LogP contribution in [0, 0.1) is 34.8 Å². The molecule has 0 radical (unpaired) electrons. The monoisotopic (exact) mass is 250 g/mol. The Balaban J connectivity index is 2.26. The van der Waals surface area contributed by atoms with Crippen molar-refractivity contribution in [2.24, 2.45) is 11.8 Å². The molecule has 1 aliphatic heterocycles. The largest absolute Gasteiger partial charge is 0.369 e. The Kier molecular flexibility index (Phi) is 3.51. The van der Waals surface area contributed by atoms with E-state index >= 15 is 0 Å². The van der Waals surface area contributed by atoms with E-state index in [9.17, 15) is 8.78 Å². The molecule has 0 saturated carbocycles. The van der Waals surface area contributed by atoms with Gasteiger partial charge in [-0.1, -0.05) is 13.8 Å². The van der Waals surface area contributed by atoms with E-state index in [1.54, 1.807) is 6.07 Å². The topological polar surface area (TPSA) is 27.0 Å². The van der Waals surface area contributed by atoms with Crippen LogP contribution >= 0.6 is 0 Å². The van der Waals surface area contributed by atoms with Crippen LogP contribution in [0.25, 0.3) is 0 Å². The molecule has 96 valence electrons. The minimum Gasteiger partial charge on any atom is -0.369 e. The fourth-order valence-electron chi connectivity index (χ4n) is 2.42. The summed E-state index contributed by atoms with van der Waals surface area (Å²) in [5, 5.41) is 8.64. The number of halogens is 2. The van der Waals surface area contributed by atoms with Crippen molar-refractivity contribution >= 4 is 5.69 Å². The molecule has 1 aromatic carbocycles. The first-order chi connectivity index (χ1) is 8.54. The minimum atomic E-state index is -1.04. The Morgan fingerprint density at radius 2 is 2.06 bits per heavy atom. The first-order valence-corrected chi connectivity index (χ1v) is 6.17. The number of hydrogen-bond acceptors (Lipinski definition) is 2. The SMILES string of the molecule is CC(C)C1CCN(c2ccc(C#N)c(F)c2F)C1. The van der Waals surface area contributed by atoms with Gasteiger partial charge < -0.3 is 4.90 Å². The van der Waals surface area contributed by atoms with Gasteiger partial charge in [0.15, 0.2) is 11.6 Å². The van der Waals surface area contributed by atoms with Crippen LogP contribution in [0.5, 0.6) is 0 Å². The highest BCUT2D eigenvalue weighted by molar-refractivity contribution is 5.52. The zero-order chi connectivity index (χ0) is 13.3. The molecule has 0 aromatic heterocycles. The Morgan fingerprint density at radius 3 is 2.61 bits per heavy atom. The lowest BCUT2D eigenvalue weighted by Crippen LogP contribution is -2.22. The molecule has 2 nitrogen and oxygen atoms in total. The van der Waals surface area contributed by atoms with Crippen LogP contribution in [0.1, 0.15) is 25.8 Å². The predicted octanol–water partition coefficient (Wildman–Crippen LogP) is 3.32. The van der Waals surface area contributed by atoms with Crippen LogP contribution in [-0.4, -0.2) is 13.1 Å². The van der Waals surface area contributed by atoms with Crippen LogP contribution in [0.3, 0.4) is 0 Å². The van der Waals surface area contributed by atoms with Gasteiger partial charge in [-0.15, -0.1) is 0 Å². The maximum absolute atomic E-state index is 13.9. The van der Waals surface area contributed by atoms with Crippen LogP contribution in [0.15, 0.2) is 12.1 Å². The molecule has 1 heterocycles. The minimum absolute atomic E-state index is 0.240. The lowest BCUT2D eigenvalue weighted by Gasteiger charge is -2.21. The molecule has 1 fully saturated rings. The van der Waals surface area contributed by atoms with Crippen molar-refractivity contribution in [3.8, 4) is 6.07 Å². The quantitative estimate of drug-likeness (QED) is 0.805. The zero-order valence-corrected chi connectivity index (χ0v) is 10.6. The summed E-state index contributed by atoms with van der Waals surface area (Å²) in [7, 11) is 0. The molecular weight excluding hydrogens is 234 g/mol. The molecule has 0 amide bonds. The van der Waals surface area contributed by atoms with Gasteiger partial charge in [0, 0.05) is 13.1 Å². The molecule has 0 spiro atoms. The molecule has 0 N–H and O–H groups in total. The molecule has 0 aliphatic carbocycles. The van der Waals surface area contributed by atoms with Crippen LogP contribution in [-0.2, 0) is 0 Å². The maximum Gasteiger partial charge on any atom is 0.183 e. The molecule has 1 unspecified atom stereocenters. The van der Waals surface area contributed by atoms with Gasteiger partial charge >= 0.3 is 0 Å². The van der Waals surface area contributed by atoms with Crippen molar-refractivity contribution < 1.29 is 8.78 Å². The van der Waals surface area contributed by atoms with Crippen LogP contribution in [0.4, 0.5) is 14.5 Å².